The largest absolute Gasteiger partial charge is 0.511 e. The van der Waals surface area contributed by atoms with E-state index < -0.39 is 0 Å². The number of aliphatic hydroxyl groups is 1. The SMILES string of the molecule is CCON=C(CC)C1=C(O)CC(c2cnc(SC)nc2)CC1=O. The van der Waals surface area contributed by atoms with Crippen LogP contribution in [0.5, 0.6) is 0 Å². The van der Waals surface area contributed by atoms with Gasteiger partial charge in [-0.05, 0) is 25.2 Å². The van der Waals surface area contributed by atoms with Gasteiger partial charge in [-0.25, -0.2) is 9.97 Å². The normalized spacial score (nSPS) is 19.2. The minimum absolute atomic E-state index is 0.0699. The molecule has 0 saturated carbocycles. The number of carbonyl (C=O) groups excluding carboxylic acids is 1. The van der Waals surface area contributed by atoms with Gasteiger partial charge in [0.15, 0.2) is 10.9 Å². The molecule has 0 aromatic carbocycles. The van der Waals surface area contributed by atoms with Crippen LogP contribution in [0.3, 0.4) is 0 Å². The average molecular weight is 335 g/mol. The van der Waals surface area contributed by atoms with E-state index in [0.717, 1.165) is 5.56 Å². The number of aliphatic hydroxyl groups excluding tert-OH is 1. The van der Waals surface area contributed by atoms with E-state index >= 15 is 0 Å². The Morgan fingerprint density at radius 3 is 2.61 bits per heavy atom. The van der Waals surface area contributed by atoms with Gasteiger partial charge in [-0.3, -0.25) is 4.79 Å². The number of oxime groups is 1. The molecule has 0 fully saturated rings. The molecule has 1 atom stereocenters. The van der Waals surface area contributed by atoms with Crippen molar-refractivity contribution in [2.24, 2.45) is 5.16 Å². The molecule has 1 heterocycles. The number of aromatic nitrogens is 2. The highest BCUT2D eigenvalue weighted by molar-refractivity contribution is 7.98. The van der Waals surface area contributed by atoms with Crippen LogP contribution in [-0.2, 0) is 9.63 Å². The van der Waals surface area contributed by atoms with Crippen LogP contribution in [0.4, 0.5) is 0 Å². The lowest BCUT2D eigenvalue weighted by molar-refractivity contribution is -0.116. The maximum Gasteiger partial charge on any atom is 0.187 e. The van der Waals surface area contributed by atoms with Crippen molar-refractivity contribution in [3.63, 3.8) is 0 Å². The summed E-state index contributed by atoms with van der Waals surface area (Å²) in [4.78, 5) is 26.0. The maximum atomic E-state index is 12.5. The first kappa shape index (κ1) is 17.5. The number of thioether (sulfide) groups is 1. The number of hydrogen-bond acceptors (Lipinski definition) is 7. The highest BCUT2D eigenvalue weighted by atomic mass is 32.2. The standard InChI is InChI=1S/C16H21N3O3S/c1-4-12(19-22-5-2)15-13(20)6-10(7-14(15)21)11-8-17-16(23-3)18-9-11/h8-10,20H,4-7H2,1-3H3. The van der Waals surface area contributed by atoms with Crippen LogP contribution < -0.4 is 0 Å². The summed E-state index contributed by atoms with van der Waals surface area (Å²) in [6, 6.07) is 0. The molecule has 0 spiro atoms. The number of nitrogens with zero attached hydrogens (tertiary/aromatic N) is 3. The Morgan fingerprint density at radius 2 is 2.09 bits per heavy atom. The predicted octanol–water partition coefficient (Wildman–Crippen LogP) is 3.26. The molecule has 1 unspecified atom stereocenters. The first-order chi connectivity index (χ1) is 11.1. The summed E-state index contributed by atoms with van der Waals surface area (Å²) in [5, 5.41) is 15.0. The van der Waals surface area contributed by atoms with Gasteiger partial charge in [-0.15, -0.1) is 0 Å². The van der Waals surface area contributed by atoms with Gasteiger partial charge in [0.05, 0.1) is 11.3 Å². The zero-order valence-corrected chi connectivity index (χ0v) is 14.4. The van der Waals surface area contributed by atoms with Crippen molar-refractivity contribution < 1.29 is 14.7 Å². The van der Waals surface area contributed by atoms with E-state index in [-0.39, 0.29) is 17.5 Å². The molecule has 0 bridgehead atoms. The minimum atomic E-state index is -0.118. The van der Waals surface area contributed by atoms with E-state index in [0.29, 0.717) is 42.3 Å². The summed E-state index contributed by atoms with van der Waals surface area (Å²) < 4.78 is 0. The van der Waals surface area contributed by atoms with E-state index in [1.807, 2.05) is 20.1 Å². The Hall–Kier alpha value is -1.89. The lowest BCUT2D eigenvalue weighted by Crippen LogP contribution is -2.24. The Bertz CT molecular complexity index is 626. The van der Waals surface area contributed by atoms with Crippen LogP contribution in [0.25, 0.3) is 0 Å². The zero-order chi connectivity index (χ0) is 16.8. The van der Waals surface area contributed by atoms with E-state index in [4.69, 9.17) is 4.84 Å². The third kappa shape index (κ3) is 4.10. The molecule has 7 heteroatoms. The average Bonchev–Trinajstić information content (AvgIpc) is 2.57. The molecule has 0 aliphatic heterocycles. The molecule has 1 aliphatic rings. The second kappa shape index (κ2) is 8.10. The van der Waals surface area contributed by atoms with Gasteiger partial charge in [-0.1, -0.05) is 23.8 Å². The van der Waals surface area contributed by atoms with Crippen molar-refractivity contribution in [3.05, 3.63) is 29.3 Å². The number of carbonyl (C=O) groups is 1. The number of rotatable bonds is 6. The lowest BCUT2D eigenvalue weighted by atomic mass is 9.82. The highest BCUT2D eigenvalue weighted by Crippen LogP contribution is 2.34. The van der Waals surface area contributed by atoms with Crippen molar-refractivity contribution in [1.82, 2.24) is 9.97 Å². The highest BCUT2D eigenvalue weighted by Gasteiger charge is 2.31. The smallest absolute Gasteiger partial charge is 0.187 e. The number of hydrogen-bond donors (Lipinski definition) is 1. The fourth-order valence-corrected chi connectivity index (χ4v) is 2.85. The van der Waals surface area contributed by atoms with Gasteiger partial charge in [-0.2, -0.15) is 0 Å². The van der Waals surface area contributed by atoms with Crippen LogP contribution in [0.15, 0.2) is 34.0 Å². The molecule has 124 valence electrons. The van der Waals surface area contributed by atoms with Gasteiger partial charge < -0.3 is 9.94 Å². The van der Waals surface area contributed by atoms with Crippen molar-refractivity contribution in [2.75, 3.05) is 12.9 Å². The fraction of sp³-hybridized carbons (Fsp3) is 0.500. The quantitative estimate of drug-likeness (QED) is 0.372. The van der Waals surface area contributed by atoms with Crippen molar-refractivity contribution >= 4 is 23.3 Å². The van der Waals surface area contributed by atoms with Crippen molar-refractivity contribution in [3.8, 4) is 0 Å². The zero-order valence-electron chi connectivity index (χ0n) is 13.6. The number of allylic oxidation sites excluding steroid dienone is 2. The van der Waals surface area contributed by atoms with Crippen LogP contribution in [0.2, 0.25) is 0 Å². The van der Waals surface area contributed by atoms with Crippen LogP contribution >= 0.6 is 11.8 Å². The second-order valence-electron chi connectivity index (χ2n) is 5.16. The molecule has 1 aromatic rings. The molecule has 6 nitrogen and oxygen atoms in total. The predicted molar refractivity (Wildman–Crippen MR) is 89.8 cm³/mol. The van der Waals surface area contributed by atoms with Gasteiger partial charge in [0.1, 0.15) is 12.4 Å². The fourth-order valence-electron chi connectivity index (χ4n) is 2.53. The van der Waals surface area contributed by atoms with E-state index in [1.165, 1.54) is 11.8 Å². The van der Waals surface area contributed by atoms with E-state index in [1.54, 1.807) is 12.4 Å². The number of Topliss-reactive ketones (excluding diaryl/α,β-unsaturated/α-hetero) is 1. The molecule has 0 amide bonds. The van der Waals surface area contributed by atoms with Crippen LogP contribution in [-0.4, -0.2) is 39.4 Å². The monoisotopic (exact) mass is 335 g/mol. The summed E-state index contributed by atoms with van der Waals surface area (Å²) in [6.07, 6.45) is 6.58. The van der Waals surface area contributed by atoms with Crippen molar-refractivity contribution in [1.29, 1.82) is 0 Å². The van der Waals surface area contributed by atoms with Gasteiger partial charge in [0.25, 0.3) is 0 Å². The molecule has 1 N–H and O–H groups in total. The first-order valence-corrected chi connectivity index (χ1v) is 8.83. The Morgan fingerprint density at radius 1 is 1.39 bits per heavy atom. The third-order valence-electron chi connectivity index (χ3n) is 3.67. The maximum absolute atomic E-state index is 12.5. The molecule has 23 heavy (non-hydrogen) atoms. The van der Waals surface area contributed by atoms with Gasteiger partial charge >= 0.3 is 0 Å². The Kier molecular flexibility index (Phi) is 6.15. The second-order valence-corrected chi connectivity index (χ2v) is 5.94. The summed E-state index contributed by atoms with van der Waals surface area (Å²) in [7, 11) is 0. The van der Waals surface area contributed by atoms with Crippen LogP contribution in [0.1, 0.15) is 44.6 Å². The van der Waals surface area contributed by atoms with Gasteiger partial charge in [0, 0.05) is 31.2 Å². The lowest BCUT2D eigenvalue weighted by Gasteiger charge is -2.23. The molecule has 0 radical (unpaired) electrons. The molecule has 1 aromatic heterocycles. The summed E-state index contributed by atoms with van der Waals surface area (Å²) >= 11 is 1.46. The molecule has 2 rings (SSSR count). The first-order valence-electron chi connectivity index (χ1n) is 7.61. The Balaban J connectivity index is 2.24. The minimum Gasteiger partial charge on any atom is -0.511 e. The molecular weight excluding hydrogens is 314 g/mol. The van der Waals surface area contributed by atoms with Crippen LogP contribution in [0, 0.1) is 0 Å². The van der Waals surface area contributed by atoms with Gasteiger partial charge in [0.2, 0.25) is 0 Å². The Labute approximate surface area is 140 Å². The molecule has 1 aliphatic carbocycles. The third-order valence-corrected chi connectivity index (χ3v) is 4.24. The van der Waals surface area contributed by atoms with Crippen molar-refractivity contribution in [2.45, 2.75) is 44.2 Å². The number of ketones is 1. The summed E-state index contributed by atoms with van der Waals surface area (Å²) in [6.45, 7) is 4.13. The summed E-state index contributed by atoms with van der Waals surface area (Å²) in [5.74, 6) is -0.152. The van der Waals surface area contributed by atoms with E-state index in [2.05, 4.69) is 15.1 Å². The summed E-state index contributed by atoms with van der Waals surface area (Å²) in [5.41, 5.74) is 1.67. The topological polar surface area (TPSA) is 84.7 Å². The molecular formula is C16H21N3O3S. The molecule has 0 saturated heterocycles. The van der Waals surface area contributed by atoms with E-state index in [9.17, 15) is 9.90 Å².